The lowest BCUT2D eigenvalue weighted by Crippen LogP contribution is -2.15. The Morgan fingerprint density at radius 1 is 1.56 bits per heavy atom. The SMILES string of the molecule is CC1=NN=CC1C(C)C. The summed E-state index contributed by atoms with van der Waals surface area (Å²) in [4.78, 5) is 0. The molecule has 0 aromatic heterocycles. The largest absolute Gasteiger partial charge is 0.163 e. The van der Waals surface area contributed by atoms with Crippen LogP contribution in [-0.4, -0.2) is 11.9 Å². The Morgan fingerprint density at radius 2 is 2.22 bits per heavy atom. The molecule has 0 aromatic rings. The molecule has 0 saturated carbocycles. The van der Waals surface area contributed by atoms with Crippen molar-refractivity contribution in [2.24, 2.45) is 22.0 Å². The van der Waals surface area contributed by atoms with Crippen molar-refractivity contribution in [3.63, 3.8) is 0 Å². The van der Waals surface area contributed by atoms with Gasteiger partial charge in [-0.25, -0.2) is 0 Å². The van der Waals surface area contributed by atoms with Crippen LogP contribution in [0.1, 0.15) is 20.8 Å². The maximum absolute atomic E-state index is 3.92. The minimum Gasteiger partial charge on any atom is -0.163 e. The van der Waals surface area contributed by atoms with E-state index in [1.165, 1.54) is 0 Å². The van der Waals surface area contributed by atoms with Gasteiger partial charge in [-0.3, -0.25) is 0 Å². The highest BCUT2D eigenvalue weighted by atomic mass is 15.2. The molecule has 0 bridgehead atoms. The van der Waals surface area contributed by atoms with E-state index in [-0.39, 0.29) is 0 Å². The number of hydrogen-bond acceptors (Lipinski definition) is 2. The van der Waals surface area contributed by atoms with E-state index in [1.54, 1.807) is 0 Å². The van der Waals surface area contributed by atoms with E-state index in [1.807, 2.05) is 13.1 Å². The molecule has 1 aliphatic rings. The molecule has 0 spiro atoms. The van der Waals surface area contributed by atoms with Crippen LogP contribution >= 0.6 is 0 Å². The van der Waals surface area contributed by atoms with Gasteiger partial charge in [-0.2, -0.15) is 10.2 Å². The topological polar surface area (TPSA) is 24.7 Å². The number of hydrogen-bond donors (Lipinski definition) is 0. The molecule has 0 aliphatic carbocycles. The molecule has 0 N–H and O–H groups in total. The Kier molecular flexibility index (Phi) is 1.65. The monoisotopic (exact) mass is 124 g/mol. The third kappa shape index (κ3) is 1.18. The van der Waals surface area contributed by atoms with E-state index in [4.69, 9.17) is 0 Å². The second kappa shape index (κ2) is 2.29. The van der Waals surface area contributed by atoms with Crippen LogP contribution in [0.5, 0.6) is 0 Å². The number of nitrogens with zero attached hydrogens (tertiary/aromatic N) is 2. The summed E-state index contributed by atoms with van der Waals surface area (Å²) >= 11 is 0. The van der Waals surface area contributed by atoms with Gasteiger partial charge in [0.2, 0.25) is 0 Å². The average Bonchev–Trinajstić information content (AvgIpc) is 2.13. The van der Waals surface area contributed by atoms with Gasteiger partial charge in [0.05, 0.1) is 0 Å². The predicted molar refractivity (Wildman–Crippen MR) is 39.9 cm³/mol. The van der Waals surface area contributed by atoms with Gasteiger partial charge >= 0.3 is 0 Å². The average molecular weight is 124 g/mol. The lowest BCUT2D eigenvalue weighted by atomic mass is 9.94. The standard InChI is InChI=1S/C7H12N2/c1-5(2)7-4-8-9-6(7)3/h4-5,7H,1-3H3. The van der Waals surface area contributed by atoms with E-state index >= 15 is 0 Å². The van der Waals surface area contributed by atoms with Crippen molar-refractivity contribution in [1.82, 2.24) is 0 Å². The quantitative estimate of drug-likeness (QED) is 0.508. The molecule has 0 saturated heterocycles. The zero-order valence-corrected chi connectivity index (χ0v) is 6.13. The summed E-state index contributed by atoms with van der Waals surface area (Å²) in [6.07, 6.45) is 1.92. The zero-order chi connectivity index (χ0) is 6.85. The normalized spacial score (nSPS) is 25.3. The van der Waals surface area contributed by atoms with Gasteiger partial charge in [-0.05, 0) is 12.8 Å². The maximum atomic E-state index is 3.92. The summed E-state index contributed by atoms with van der Waals surface area (Å²) < 4.78 is 0. The van der Waals surface area contributed by atoms with Crippen LogP contribution < -0.4 is 0 Å². The Labute approximate surface area is 55.7 Å². The van der Waals surface area contributed by atoms with Crippen molar-refractivity contribution in [3.05, 3.63) is 0 Å². The van der Waals surface area contributed by atoms with E-state index in [2.05, 4.69) is 24.1 Å². The molecule has 0 aromatic carbocycles. The molecular formula is C7H12N2. The van der Waals surface area contributed by atoms with Crippen LogP contribution in [0.25, 0.3) is 0 Å². The zero-order valence-electron chi connectivity index (χ0n) is 6.13. The van der Waals surface area contributed by atoms with Gasteiger partial charge in [-0.1, -0.05) is 13.8 Å². The third-order valence-corrected chi connectivity index (χ3v) is 1.64. The first-order chi connectivity index (χ1) is 4.22. The smallest absolute Gasteiger partial charge is 0.0462 e. The minimum absolute atomic E-state index is 0.491. The third-order valence-electron chi connectivity index (χ3n) is 1.64. The van der Waals surface area contributed by atoms with Gasteiger partial charge in [0, 0.05) is 17.8 Å². The fourth-order valence-corrected chi connectivity index (χ4v) is 1.03. The van der Waals surface area contributed by atoms with Crippen molar-refractivity contribution < 1.29 is 0 Å². The van der Waals surface area contributed by atoms with E-state index in [9.17, 15) is 0 Å². The lowest BCUT2D eigenvalue weighted by Gasteiger charge is -2.09. The van der Waals surface area contributed by atoms with Crippen molar-refractivity contribution in [2.45, 2.75) is 20.8 Å². The second-order valence-electron chi connectivity index (χ2n) is 2.78. The molecule has 0 radical (unpaired) electrons. The van der Waals surface area contributed by atoms with Crippen molar-refractivity contribution in [1.29, 1.82) is 0 Å². The fraction of sp³-hybridized carbons (Fsp3) is 0.714. The van der Waals surface area contributed by atoms with E-state index in [0.29, 0.717) is 11.8 Å². The van der Waals surface area contributed by atoms with Crippen LogP contribution in [0.15, 0.2) is 10.2 Å². The van der Waals surface area contributed by atoms with Crippen LogP contribution in [0, 0.1) is 11.8 Å². The summed E-state index contributed by atoms with van der Waals surface area (Å²) in [6, 6.07) is 0. The van der Waals surface area contributed by atoms with Gasteiger partial charge in [-0.15, -0.1) is 0 Å². The number of rotatable bonds is 1. The molecule has 1 unspecified atom stereocenters. The first-order valence-corrected chi connectivity index (χ1v) is 3.29. The summed E-state index contributed by atoms with van der Waals surface area (Å²) in [7, 11) is 0. The molecule has 2 heteroatoms. The van der Waals surface area contributed by atoms with E-state index < -0.39 is 0 Å². The molecule has 50 valence electrons. The van der Waals surface area contributed by atoms with Gasteiger partial charge in [0.25, 0.3) is 0 Å². The second-order valence-corrected chi connectivity index (χ2v) is 2.78. The fourth-order valence-electron chi connectivity index (χ4n) is 1.03. The highest BCUT2D eigenvalue weighted by molar-refractivity contribution is 6.00. The molecule has 1 aliphatic heterocycles. The highest BCUT2D eigenvalue weighted by Gasteiger charge is 2.17. The molecular weight excluding hydrogens is 112 g/mol. The van der Waals surface area contributed by atoms with Gasteiger partial charge in [0.15, 0.2) is 0 Å². The Morgan fingerprint density at radius 3 is 2.44 bits per heavy atom. The van der Waals surface area contributed by atoms with Crippen molar-refractivity contribution in [3.8, 4) is 0 Å². The lowest BCUT2D eigenvalue weighted by molar-refractivity contribution is 0.614. The van der Waals surface area contributed by atoms with Crippen LogP contribution in [0.4, 0.5) is 0 Å². The maximum Gasteiger partial charge on any atom is 0.0462 e. The first kappa shape index (κ1) is 6.46. The summed E-state index contributed by atoms with van der Waals surface area (Å²) in [5, 5.41) is 7.75. The molecule has 2 nitrogen and oxygen atoms in total. The van der Waals surface area contributed by atoms with Crippen LogP contribution in [-0.2, 0) is 0 Å². The van der Waals surface area contributed by atoms with Crippen LogP contribution in [0.3, 0.4) is 0 Å². The van der Waals surface area contributed by atoms with Crippen LogP contribution in [0.2, 0.25) is 0 Å². The molecule has 1 atom stereocenters. The minimum atomic E-state index is 0.491. The summed E-state index contributed by atoms with van der Waals surface area (Å²) in [5.74, 6) is 1.13. The Bertz CT molecular complexity index is 156. The molecule has 0 amide bonds. The first-order valence-electron chi connectivity index (χ1n) is 3.29. The van der Waals surface area contributed by atoms with E-state index in [0.717, 1.165) is 5.71 Å². The van der Waals surface area contributed by atoms with Gasteiger partial charge in [0.1, 0.15) is 0 Å². The highest BCUT2D eigenvalue weighted by Crippen LogP contribution is 2.14. The summed E-state index contributed by atoms with van der Waals surface area (Å²) in [5.41, 5.74) is 1.14. The molecule has 1 heterocycles. The summed E-state index contributed by atoms with van der Waals surface area (Å²) in [6.45, 7) is 6.39. The molecule has 9 heavy (non-hydrogen) atoms. The Balaban J connectivity index is 2.63. The van der Waals surface area contributed by atoms with Crippen molar-refractivity contribution >= 4 is 11.9 Å². The molecule has 0 fully saturated rings. The molecule has 1 rings (SSSR count). The van der Waals surface area contributed by atoms with Gasteiger partial charge < -0.3 is 0 Å². The van der Waals surface area contributed by atoms with Crippen molar-refractivity contribution in [2.75, 3.05) is 0 Å². The predicted octanol–water partition coefficient (Wildman–Crippen LogP) is 1.72. The Hall–Kier alpha value is -0.660.